The number of aromatic nitrogens is 2. The Morgan fingerprint density at radius 3 is 2.29 bits per heavy atom. The highest BCUT2D eigenvalue weighted by atomic mass is 16.5. The Bertz CT molecular complexity index is 1190. The van der Waals surface area contributed by atoms with Gasteiger partial charge in [-0.05, 0) is 31.5 Å². The van der Waals surface area contributed by atoms with Crippen molar-refractivity contribution in [2.75, 3.05) is 34.4 Å². The maximum absolute atomic E-state index is 13.4. The first-order chi connectivity index (χ1) is 16.5. The smallest absolute Gasteiger partial charge is 0.275 e. The number of hydrazine groups is 1. The molecule has 2 amide bonds. The first kappa shape index (κ1) is 23.2. The maximum atomic E-state index is 13.4. The van der Waals surface area contributed by atoms with Crippen LogP contribution in [0.3, 0.4) is 0 Å². The van der Waals surface area contributed by atoms with E-state index >= 15 is 0 Å². The fourth-order valence-electron chi connectivity index (χ4n) is 4.23. The Morgan fingerprint density at radius 1 is 0.912 bits per heavy atom. The molecule has 3 aromatic rings. The van der Waals surface area contributed by atoms with Crippen molar-refractivity contribution in [2.24, 2.45) is 0 Å². The van der Waals surface area contributed by atoms with Crippen LogP contribution in [0.2, 0.25) is 0 Å². The van der Waals surface area contributed by atoms with E-state index in [1.165, 1.54) is 31.3 Å². The van der Waals surface area contributed by atoms with Crippen LogP contribution in [-0.2, 0) is 11.2 Å². The molecule has 34 heavy (non-hydrogen) atoms. The number of hydrogen-bond donors (Lipinski definition) is 0. The normalized spacial score (nSPS) is 13.2. The molecule has 0 saturated carbocycles. The van der Waals surface area contributed by atoms with Gasteiger partial charge in [0.1, 0.15) is 0 Å². The summed E-state index contributed by atoms with van der Waals surface area (Å²) in [5.74, 6) is 0.926. The molecule has 1 aromatic heterocycles. The first-order valence-corrected chi connectivity index (χ1v) is 11.0. The maximum Gasteiger partial charge on any atom is 0.275 e. The zero-order valence-electron chi connectivity index (χ0n) is 19.8. The van der Waals surface area contributed by atoms with Crippen molar-refractivity contribution in [3.63, 3.8) is 0 Å². The van der Waals surface area contributed by atoms with Gasteiger partial charge in [0.15, 0.2) is 11.5 Å². The van der Waals surface area contributed by atoms with Gasteiger partial charge in [0.25, 0.3) is 5.91 Å². The average Bonchev–Trinajstić information content (AvgIpc) is 3.51. The molecule has 0 radical (unpaired) electrons. The van der Waals surface area contributed by atoms with E-state index in [1.807, 2.05) is 37.3 Å². The summed E-state index contributed by atoms with van der Waals surface area (Å²) in [6.07, 6.45) is 2.31. The van der Waals surface area contributed by atoms with E-state index < -0.39 is 0 Å². The molecular formula is C25H28N4O5. The van der Waals surface area contributed by atoms with Gasteiger partial charge in [-0.15, -0.1) is 0 Å². The molecule has 178 valence electrons. The second-order valence-electron chi connectivity index (χ2n) is 7.86. The number of methoxy groups -OCH3 is 3. The monoisotopic (exact) mass is 464 g/mol. The molecule has 0 unspecified atom stereocenters. The second kappa shape index (κ2) is 9.86. The van der Waals surface area contributed by atoms with Crippen LogP contribution in [0.5, 0.6) is 17.2 Å². The van der Waals surface area contributed by atoms with Gasteiger partial charge in [0.2, 0.25) is 11.7 Å². The molecule has 0 spiro atoms. The SMILES string of the molecule is COc1ccc(CC(=O)N2CCCN2C(=O)c2cnn(-c3ccccc3)c2C)c(OC)c1OC. The molecule has 0 bridgehead atoms. The van der Waals surface area contributed by atoms with E-state index in [9.17, 15) is 9.59 Å². The van der Waals surface area contributed by atoms with E-state index in [0.717, 1.165) is 11.4 Å². The van der Waals surface area contributed by atoms with Crippen LogP contribution in [0.15, 0.2) is 48.7 Å². The first-order valence-electron chi connectivity index (χ1n) is 11.0. The molecule has 0 aliphatic carbocycles. The quantitative estimate of drug-likeness (QED) is 0.534. The zero-order chi connectivity index (χ0) is 24.2. The van der Waals surface area contributed by atoms with E-state index in [2.05, 4.69) is 5.10 Å². The summed E-state index contributed by atoms with van der Waals surface area (Å²) in [5, 5.41) is 7.42. The van der Waals surface area contributed by atoms with Crippen molar-refractivity contribution < 1.29 is 23.8 Å². The minimum absolute atomic E-state index is 0.0512. The molecule has 4 rings (SSSR count). The van der Waals surface area contributed by atoms with E-state index in [-0.39, 0.29) is 18.2 Å². The molecule has 9 heteroatoms. The van der Waals surface area contributed by atoms with Gasteiger partial charge in [-0.25, -0.2) is 9.69 Å². The highest BCUT2D eigenvalue weighted by molar-refractivity contribution is 5.96. The molecule has 1 aliphatic heterocycles. The van der Waals surface area contributed by atoms with E-state index in [0.29, 0.717) is 47.9 Å². The van der Waals surface area contributed by atoms with Crippen molar-refractivity contribution >= 4 is 11.8 Å². The Balaban J connectivity index is 1.56. The van der Waals surface area contributed by atoms with Gasteiger partial charge in [-0.3, -0.25) is 14.6 Å². The molecule has 1 fully saturated rings. The number of ether oxygens (including phenoxy) is 3. The topological polar surface area (TPSA) is 86.1 Å². The molecule has 1 aliphatic rings. The van der Waals surface area contributed by atoms with Gasteiger partial charge in [0.05, 0.1) is 50.9 Å². The third-order valence-corrected chi connectivity index (χ3v) is 5.92. The molecule has 2 heterocycles. The molecule has 9 nitrogen and oxygen atoms in total. The van der Waals surface area contributed by atoms with Crippen molar-refractivity contribution in [1.82, 2.24) is 19.8 Å². The minimum Gasteiger partial charge on any atom is -0.493 e. The highest BCUT2D eigenvalue weighted by Gasteiger charge is 2.33. The van der Waals surface area contributed by atoms with Crippen molar-refractivity contribution in [2.45, 2.75) is 19.8 Å². The summed E-state index contributed by atoms with van der Waals surface area (Å²) in [4.78, 5) is 26.7. The summed E-state index contributed by atoms with van der Waals surface area (Å²) in [7, 11) is 4.58. The summed E-state index contributed by atoms with van der Waals surface area (Å²) < 4.78 is 18.0. The van der Waals surface area contributed by atoms with Crippen molar-refractivity contribution in [3.8, 4) is 22.9 Å². The van der Waals surface area contributed by atoms with Crippen LogP contribution in [0.1, 0.15) is 28.0 Å². The van der Waals surface area contributed by atoms with E-state index in [4.69, 9.17) is 14.2 Å². The predicted octanol–water partition coefficient (Wildman–Crippen LogP) is 3.04. The number of rotatable bonds is 7. The highest BCUT2D eigenvalue weighted by Crippen LogP contribution is 2.40. The fourth-order valence-corrected chi connectivity index (χ4v) is 4.23. The number of carbonyl (C=O) groups excluding carboxylic acids is 2. The molecule has 2 aromatic carbocycles. The average molecular weight is 465 g/mol. The summed E-state index contributed by atoms with van der Waals surface area (Å²) in [6.45, 7) is 2.78. The van der Waals surface area contributed by atoms with Crippen LogP contribution < -0.4 is 14.2 Å². The Kier molecular flexibility index (Phi) is 6.72. The molecular weight excluding hydrogens is 436 g/mol. The zero-order valence-corrected chi connectivity index (χ0v) is 19.8. The number of benzene rings is 2. The van der Waals surface area contributed by atoms with Crippen LogP contribution in [0, 0.1) is 6.92 Å². The van der Waals surface area contributed by atoms with Crippen molar-refractivity contribution in [1.29, 1.82) is 0 Å². The Morgan fingerprint density at radius 2 is 1.62 bits per heavy atom. The third kappa shape index (κ3) is 4.16. The second-order valence-corrected chi connectivity index (χ2v) is 7.86. The van der Waals surface area contributed by atoms with Gasteiger partial charge < -0.3 is 14.2 Å². The largest absolute Gasteiger partial charge is 0.493 e. The minimum atomic E-state index is -0.246. The van der Waals surface area contributed by atoms with Gasteiger partial charge in [-0.2, -0.15) is 5.10 Å². The van der Waals surface area contributed by atoms with Crippen LogP contribution in [0.25, 0.3) is 5.69 Å². The lowest BCUT2D eigenvalue weighted by Crippen LogP contribution is -2.45. The molecule has 0 atom stereocenters. The standard InChI is InChI=1S/C25H28N4O5/c1-17-20(16-26-29(17)19-9-6-5-7-10-19)25(31)28-14-8-13-27(28)22(30)15-18-11-12-21(32-2)24(34-4)23(18)33-3/h5-7,9-12,16H,8,13-15H2,1-4H3. The summed E-state index contributed by atoms with van der Waals surface area (Å²) in [6, 6.07) is 13.1. The molecule has 0 N–H and O–H groups in total. The number of para-hydroxylation sites is 1. The van der Waals surface area contributed by atoms with Gasteiger partial charge >= 0.3 is 0 Å². The summed E-state index contributed by atoms with van der Waals surface area (Å²) >= 11 is 0. The van der Waals surface area contributed by atoms with Crippen LogP contribution in [0.4, 0.5) is 0 Å². The van der Waals surface area contributed by atoms with Crippen molar-refractivity contribution in [3.05, 3.63) is 65.5 Å². The van der Waals surface area contributed by atoms with Gasteiger partial charge in [0, 0.05) is 18.7 Å². The number of amides is 2. The lowest BCUT2D eigenvalue weighted by Gasteiger charge is -2.28. The van der Waals surface area contributed by atoms with Gasteiger partial charge in [-0.1, -0.05) is 24.3 Å². The summed E-state index contributed by atoms with van der Waals surface area (Å²) in [5.41, 5.74) is 2.70. The van der Waals surface area contributed by atoms with E-state index in [1.54, 1.807) is 23.0 Å². The molecule has 1 saturated heterocycles. The predicted molar refractivity (Wildman–Crippen MR) is 125 cm³/mol. The number of carbonyl (C=O) groups is 2. The van der Waals surface area contributed by atoms with Crippen LogP contribution >= 0.6 is 0 Å². The number of hydrogen-bond acceptors (Lipinski definition) is 6. The Labute approximate surface area is 198 Å². The fraction of sp³-hybridized carbons (Fsp3) is 0.320. The lowest BCUT2D eigenvalue weighted by molar-refractivity contribution is -0.139. The Hall–Kier alpha value is -4.01. The number of nitrogens with zero attached hydrogens (tertiary/aromatic N) is 4. The third-order valence-electron chi connectivity index (χ3n) is 5.92. The van der Waals surface area contributed by atoms with Crippen LogP contribution in [-0.4, -0.2) is 66.0 Å². The lowest BCUT2D eigenvalue weighted by atomic mass is 10.1.